The summed E-state index contributed by atoms with van der Waals surface area (Å²) in [7, 11) is 0. The first-order valence-electron chi connectivity index (χ1n) is 8.63. The van der Waals surface area contributed by atoms with E-state index < -0.39 is 0 Å². The third kappa shape index (κ3) is 3.42. The fourth-order valence-corrected chi connectivity index (χ4v) is 3.92. The molecule has 7 nitrogen and oxygen atoms in total. The zero-order valence-electron chi connectivity index (χ0n) is 13.9. The number of piperidine rings is 1. The number of nitrogens with zero attached hydrogens (tertiary/aromatic N) is 5. The van der Waals surface area contributed by atoms with E-state index in [0.29, 0.717) is 0 Å². The van der Waals surface area contributed by atoms with Gasteiger partial charge in [-0.3, -0.25) is 10.00 Å². The summed E-state index contributed by atoms with van der Waals surface area (Å²) in [5, 5.41) is 7.13. The largest absolute Gasteiger partial charge is 0.379 e. The molecule has 2 aliphatic rings. The van der Waals surface area contributed by atoms with Gasteiger partial charge >= 0.3 is 0 Å². The maximum absolute atomic E-state index is 5.98. The molecule has 0 aromatic carbocycles. The first-order valence-corrected chi connectivity index (χ1v) is 8.63. The molecule has 0 amide bonds. The van der Waals surface area contributed by atoms with Crippen LogP contribution in [0.25, 0.3) is 0 Å². The van der Waals surface area contributed by atoms with Gasteiger partial charge in [0, 0.05) is 55.9 Å². The Morgan fingerprint density at radius 3 is 2.92 bits per heavy atom. The summed E-state index contributed by atoms with van der Waals surface area (Å²) < 4.78 is 5.98. The molecule has 2 aromatic heterocycles. The summed E-state index contributed by atoms with van der Waals surface area (Å²) >= 11 is 0. The predicted octanol–water partition coefficient (Wildman–Crippen LogP) is 1.32. The van der Waals surface area contributed by atoms with Crippen molar-refractivity contribution in [2.24, 2.45) is 5.41 Å². The number of likely N-dealkylation sites (tertiary alicyclic amines) is 1. The van der Waals surface area contributed by atoms with Crippen LogP contribution in [0, 0.1) is 5.41 Å². The van der Waals surface area contributed by atoms with Gasteiger partial charge in [-0.25, -0.2) is 9.97 Å². The van der Waals surface area contributed by atoms with Crippen molar-refractivity contribution in [3.63, 3.8) is 0 Å². The van der Waals surface area contributed by atoms with Crippen LogP contribution in [0.4, 0.5) is 5.95 Å². The molecule has 1 spiro atoms. The van der Waals surface area contributed by atoms with E-state index in [1.807, 2.05) is 24.7 Å². The average molecular weight is 328 g/mol. The summed E-state index contributed by atoms with van der Waals surface area (Å²) in [6, 6.07) is 3.91. The van der Waals surface area contributed by atoms with Gasteiger partial charge in [-0.05, 0) is 31.5 Å². The lowest BCUT2D eigenvalue weighted by Crippen LogP contribution is -2.50. The van der Waals surface area contributed by atoms with Crippen molar-refractivity contribution < 1.29 is 4.74 Å². The van der Waals surface area contributed by atoms with Gasteiger partial charge in [0.2, 0.25) is 5.95 Å². The molecule has 4 rings (SSSR count). The van der Waals surface area contributed by atoms with Crippen LogP contribution in [0.5, 0.6) is 0 Å². The second-order valence-electron chi connectivity index (χ2n) is 6.92. The van der Waals surface area contributed by atoms with Crippen LogP contribution >= 0.6 is 0 Å². The third-order valence-electron chi connectivity index (χ3n) is 4.97. The highest BCUT2D eigenvalue weighted by Crippen LogP contribution is 2.34. The molecule has 128 valence electrons. The van der Waals surface area contributed by atoms with Crippen LogP contribution in [0.1, 0.15) is 18.5 Å². The maximum atomic E-state index is 5.98. The minimum atomic E-state index is 0.147. The lowest BCUT2D eigenvalue weighted by Gasteiger charge is -2.43. The van der Waals surface area contributed by atoms with E-state index in [1.165, 1.54) is 18.5 Å². The van der Waals surface area contributed by atoms with E-state index in [9.17, 15) is 0 Å². The van der Waals surface area contributed by atoms with Crippen molar-refractivity contribution >= 4 is 5.95 Å². The molecule has 4 heterocycles. The molecular formula is C17H24N6O. The quantitative estimate of drug-likeness (QED) is 0.916. The molecule has 1 N–H and O–H groups in total. The standard InChI is InChI=1S/C17H24N6O/c1-4-17(12-22(8-1)11-15-3-7-20-21-15)13-23(9-10-24-14-17)16-18-5-2-6-19-16/h2-3,5-7H,1,4,8-14H2,(H,20,21). The smallest absolute Gasteiger partial charge is 0.225 e. The van der Waals surface area contributed by atoms with Crippen molar-refractivity contribution in [3.8, 4) is 0 Å². The van der Waals surface area contributed by atoms with Crippen LogP contribution in [-0.2, 0) is 11.3 Å². The molecule has 0 radical (unpaired) electrons. The summed E-state index contributed by atoms with van der Waals surface area (Å²) in [5.74, 6) is 0.813. The third-order valence-corrected chi connectivity index (χ3v) is 4.97. The molecule has 2 aliphatic heterocycles. The second-order valence-corrected chi connectivity index (χ2v) is 6.92. The summed E-state index contributed by atoms with van der Waals surface area (Å²) in [4.78, 5) is 13.7. The maximum Gasteiger partial charge on any atom is 0.225 e. The SMILES string of the molecule is c1cnc(N2CCOCC3(CCCN(Cc4ccn[nH]4)C3)C2)nc1. The highest BCUT2D eigenvalue weighted by atomic mass is 16.5. The van der Waals surface area contributed by atoms with E-state index in [4.69, 9.17) is 4.74 Å². The lowest BCUT2D eigenvalue weighted by molar-refractivity contribution is 0.0103. The zero-order chi connectivity index (χ0) is 16.2. The number of aromatic amines is 1. The van der Waals surface area contributed by atoms with Crippen LogP contribution in [0.2, 0.25) is 0 Å². The summed E-state index contributed by atoms with van der Waals surface area (Å²) in [6.07, 6.45) is 7.83. The summed E-state index contributed by atoms with van der Waals surface area (Å²) in [5.41, 5.74) is 1.32. The number of ether oxygens (including phenoxy) is 1. The number of hydrogen-bond donors (Lipinski definition) is 1. The normalized spacial score (nSPS) is 25.8. The molecule has 1 atom stereocenters. The van der Waals surface area contributed by atoms with E-state index in [1.54, 1.807) is 0 Å². The highest BCUT2D eigenvalue weighted by molar-refractivity contribution is 5.29. The van der Waals surface area contributed by atoms with Crippen molar-refractivity contribution in [1.82, 2.24) is 25.1 Å². The van der Waals surface area contributed by atoms with Gasteiger partial charge in [-0.15, -0.1) is 0 Å². The van der Waals surface area contributed by atoms with Gasteiger partial charge in [-0.2, -0.15) is 5.10 Å². The molecule has 2 saturated heterocycles. The van der Waals surface area contributed by atoms with Crippen molar-refractivity contribution in [3.05, 3.63) is 36.4 Å². The molecule has 1 unspecified atom stereocenters. The Morgan fingerprint density at radius 2 is 2.08 bits per heavy atom. The average Bonchev–Trinajstić information content (AvgIpc) is 3.03. The first kappa shape index (κ1) is 15.5. The van der Waals surface area contributed by atoms with Crippen LogP contribution in [0.3, 0.4) is 0 Å². The molecule has 7 heteroatoms. The molecule has 2 fully saturated rings. The van der Waals surface area contributed by atoms with Crippen LogP contribution in [-0.4, -0.2) is 64.5 Å². The van der Waals surface area contributed by atoms with Crippen LogP contribution in [0.15, 0.2) is 30.7 Å². The number of rotatable bonds is 3. The Labute approximate surface area is 142 Å². The van der Waals surface area contributed by atoms with Crippen LogP contribution < -0.4 is 4.90 Å². The van der Waals surface area contributed by atoms with E-state index in [-0.39, 0.29) is 5.41 Å². The van der Waals surface area contributed by atoms with Crippen molar-refractivity contribution in [1.29, 1.82) is 0 Å². The molecule has 0 bridgehead atoms. The Morgan fingerprint density at radius 1 is 1.17 bits per heavy atom. The Balaban J connectivity index is 1.49. The minimum Gasteiger partial charge on any atom is -0.379 e. The second kappa shape index (κ2) is 6.86. The Hall–Kier alpha value is -1.99. The molecule has 0 saturated carbocycles. The zero-order valence-corrected chi connectivity index (χ0v) is 13.9. The number of anilines is 1. The highest BCUT2D eigenvalue weighted by Gasteiger charge is 2.39. The van der Waals surface area contributed by atoms with Gasteiger partial charge in [0.25, 0.3) is 0 Å². The van der Waals surface area contributed by atoms with Gasteiger partial charge in [0.05, 0.1) is 13.2 Å². The van der Waals surface area contributed by atoms with Crippen molar-refractivity contribution in [2.75, 3.05) is 44.3 Å². The molecule has 24 heavy (non-hydrogen) atoms. The molecule has 0 aliphatic carbocycles. The lowest BCUT2D eigenvalue weighted by atomic mass is 9.80. The minimum absolute atomic E-state index is 0.147. The number of aromatic nitrogens is 4. The van der Waals surface area contributed by atoms with Gasteiger partial charge in [0.15, 0.2) is 0 Å². The topological polar surface area (TPSA) is 70.2 Å². The van der Waals surface area contributed by atoms with Crippen molar-refractivity contribution in [2.45, 2.75) is 19.4 Å². The fraction of sp³-hybridized carbons (Fsp3) is 0.588. The Kier molecular flexibility index (Phi) is 4.44. The number of hydrogen-bond acceptors (Lipinski definition) is 6. The monoisotopic (exact) mass is 328 g/mol. The fourth-order valence-electron chi connectivity index (χ4n) is 3.92. The first-order chi connectivity index (χ1) is 11.8. The molecular weight excluding hydrogens is 304 g/mol. The summed E-state index contributed by atoms with van der Waals surface area (Å²) in [6.45, 7) is 6.45. The van der Waals surface area contributed by atoms with E-state index >= 15 is 0 Å². The number of H-pyrrole nitrogens is 1. The van der Waals surface area contributed by atoms with Gasteiger partial charge in [0.1, 0.15) is 0 Å². The number of nitrogens with one attached hydrogen (secondary N) is 1. The Bertz CT molecular complexity index is 634. The van der Waals surface area contributed by atoms with Gasteiger partial charge < -0.3 is 9.64 Å². The van der Waals surface area contributed by atoms with E-state index in [0.717, 1.165) is 51.9 Å². The predicted molar refractivity (Wildman–Crippen MR) is 90.6 cm³/mol. The van der Waals surface area contributed by atoms with Gasteiger partial charge in [-0.1, -0.05) is 0 Å². The van der Waals surface area contributed by atoms with E-state index in [2.05, 4.69) is 36.0 Å². The molecule has 2 aromatic rings.